The zero-order chi connectivity index (χ0) is 60.5. The first-order chi connectivity index (χ1) is 38.1. The molecule has 0 aliphatic carbocycles. The van der Waals surface area contributed by atoms with Gasteiger partial charge in [0.2, 0.25) is 17.7 Å². The second kappa shape index (κ2) is 32.3. The molecule has 14 N–H and O–H groups in total. The highest BCUT2D eigenvalue weighted by Crippen LogP contribution is 2.57. The van der Waals surface area contributed by atoms with Gasteiger partial charge in [-0.3, -0.25) is 29.0 Å². The molecule has 0 unspecified atom stereocenters. The van der Waals surface area contributed by atoms with Gasteiger partial charge in [-0.15, -0.1) is 11.6 Å². The number of Topliss-reactive ketones (excluding diaryl/α,β-unsaturated/α-hetero) is 1. The van der Waals surface area contributed by atoms with E-state index in [0.717, 1.165) is 0 Å². The van der Waals surface area contributed by atoms with Crippen LogP contribution >= 0.6 is 11.6 Å². The number of carboxylic acid groups (broad SMARTS) is 2. The minimum atomic E-state index is -5.08. The summed E-state index contributed by atoms with van der Waals surface area (Å²) in [5.74, 6) is -8.43. The maximum atomic E-state index is 13.2. The summed E-state index contributed by atoms with van der Waals surface area (Å²) >= 11 is 5.65. The average molecular weight is 1180 g/mol. The van der Waals surface area contributed by atoms with E-state index in [0.29, 0.717) is 94.2 Å². The van der Waals surface area contributed by atoms with Crippen molar-refractivity contribution in [3.63, 3.8) is 0 Å². The van der Waals surface area contributed by atoms with E-state index in [4.69, 9.17) is 72.3 Å². The molecule has 0 aromatic heterocycles. The molecule has 0 saturated heterocycles. The Balaban J connectivity index is 0.00000109. The smallest absolute Gasteiger partial charge is 0.490 e. The van der Waals surface area contributed by atoms with Crippen LogP contribution in [0.4, 0.5) is 26.3 Å². The molecule has 1 spiro atoms. The Morgan fingerprint density at radius 3 is 1.72 bits per heavy atom. The molecule has 4 amide bonds. The van der Waals surface area contributed by atoms with Crippen LogP contribution in [-0.4, -0.2) is 170 Å². The van der Waals surface area contributed by atoms with E-state index in [9.17, 15) is 65.3 Å². The van der Waals surface area contributed by atoms with Crippen molar-refractivity contribution in [1.82, 2.24) is 21.3 Å². The number of ketones is 1. The molecule has 2 heterocycles. The van der Waals surface area contributed by atoms with Crippen molar-refractivity contribution in [1.29, 1.82) is 0 Å². The highest BCUT2D eigenvalue weighted by molar-refractivity contribution is 6.28. The van der Waals surface area contributed by atoms with Crippen LogP contribution < -0.4 is 43.2 Å². The number of guanidine groups is 1. The number of amides is 4. The zero-order valence-corrected chi connectivity index (χ0v) is 43.5. The van der Waals surface area contributed by atoms with Gasteiger partial charge in [0.25, 0.3) is 5.91 Å². The number of hydrogen-bond acceptors (Lipinski definition) is 17. The van der Waals surface area contributed by atoms with Gasteiger partial charge in [-0.05, 0) is 74.6 Å². The first-order valence-electron chi connectivity index (χ1n) is 24.2. The second-order valence-electron chi connectivity index (χ2n) is 17.1. The molecular weight excluding hydrogens is 1120 g/mol. The van der Waals surface area contributed by atoms with Crippen LogP contribution in [0.25, 0.3) is 0 Å². The van der Waals surface area contributed by atoms with Crippen LogP contribution in [0.1, 0.15) is 75.9 Å². The number of carbonyl (C=O) groups excluding carboxylic acids is 6. The summed E-state index contributed by atoms with van der Waals surface area (Å²) in [7, 11) is 0. The molecule has 5 rings (SSSR count). The topological polar surface area (TPSA) is 402 Å². The minimum Gasteiger partial charge on any atom is -0.508 e. The van der Waals surface area contributed by atoms with Crippen molar-refractivity contribution in [2.45, 2.75) is 68.6 Å². The number of carboxylic acids is 2. The fraction of sp³-hybridized carbons (Fsp3) is 0.449. The van der Waals surface area contributed by atoms with Crippen molar-refractivity contribution in [3.05, 3.63) is 82.4 Å². The quantitative estimate of drug-likeness (QED) is 0.0124. The highest BCUT2D eigenvalue weighted by Gasteiger charge is 2.54. The number of aliphatic carboxylic acids is 2. The van der Waals surface area contributed by atoms with Crippen molar-refractivity contribution in [2.24, 2.45) is 22.2 Å². The Bertz CT molecular complexity index is 2640. The van der Waals surface area contributed by atoms with Crippen LogP contribution in [0.3, 0.4) is 0 Å². The van der Waals surface area contributed by atoms with Crippen LogP contribution in [0.2, 0.25) is 0 Å². The first-order valence-corrected chi connectivity index (χ1v) is 24.7. The predicted octanol–water partition coefficient (Wildman–Crippen LogP) is 2.18. The molecule has 446 valence electrons. The van der Waals surface area contributed by atoms with Crippen molar-refractivity contribution >= 4 is 64.9 Å². The van der Waals surface area contributed by atoms with E-state index in [-0.39, 0.29) is 78.0 Å². The van der Waals surface area contributed by atoms with Gasteiger partial charge in [0.15, 0.2) is 17.3 Å². The number of phenols is 2. The molecule has 32 heteroatoms. The molecule has 2 atom stereocenters. The first kappa shape index (κ1) is 67.3. The van der Waals surface area contributed by atoms with Gasteiger partial charge < -0.3 is 82.6 Å². The van der Waals surface area contributed by atoms with Crippen molar-refractivity contribution < 1.29 is 109 Å². The molecule has 0 fully saturated rings. The fourth-order valence-corrected chi connectivity index (χ4v) is 7.41. The monoisotopic (exact) mass is 1180 g/mol. The molecule has 3 aromatic carbocycles. The molecule has 0 radical (unpaired) electrons. The molecule has 2 aliphatic heterocycles. The number of rotatable bonds is 28. The fourth-order valence-electron chi connectivity index (χ4n) is 7.22. The Morgan fingerprint density at radius 1 is 0.691 bits per heavy atom. The van der Waals surface area contributed by atoms with Crippen molar-refractivity contribution in [3.8, 4) is 23.0 Å². The van der Waals surface area contributed by atoms with E-state index in [1.807, 2.05) is 0 Å². The standard InChI is InChI=1S/C45H57ClN8O13.2C2HF3O2/c46-25-36(57)35(4-1-13-52-44(48)49)54-40(59)26-53-42(61)34(47)11-12-39(58)50-14-2-16-63-18-20-65-21-19-64-17-3-15-51-41(60)27-5-8-30-33(22-27)45(67-43(30)62)31-9-6-28(55)23-37(31)66-38-24-29(56)7-10-32(38)45;2*3-2(4,5)1(6)7/h5-10,22-24,34-35,55-56H,1-4,11-21,25-26,47H2,(H,50,58)(H,51,60)(H,53,61)(H,54,59)(H4,48,49,52);2*(H,6,7)/t34-,35-;;/m0../s1. The van der Waals surface area contributed by atoms with E-state index >= 15 is 0 Å². The minimum absolute atomic E-state index is 0.00414. The third-order valence-electron chi connectivity index (χ3n) is 11.0. The number of halogens is 7. The Morgan fingerprint density at radius 2 is 1.21 bits per heavy atom. The van der Waals surface area contributed by atoms with E-state index in [1.54, 1.807) is 30.3 Å². The van der Waals surface area contributed by atoms with Crippen LogP contribution in [0.5, 0.6) is 23.0 Å². The lowest BCUT2D eigenvalue weighted by Crippen LogP contribution is -2.49. The number of ether oxygens (including phenoxy) is 5. The molecular formula is C49H59ClF6N8O17. The zero-order valence-electron chi connectivity index (χ0n) is 42.8. The van der Waals surface area contributed by atoms with Gasteiger partial charge in [-0.25, -0.2) is 14.4 Å². The maximum Gasteiger partial charge on any atom is 0.490 e. The van der Waals surface area contributed by atoms with Crippen LogP contribution in [0, 0.1) is 0 Å². The van der Waals surface area contributed by atoms with Gasteiger partial charge in [0, 0.05) is 73.7 Å². The molecule has 0 saturated carbocycles. The number of hydrogen-bond donors (Lipinski definition) is 11. The normalized spacial score (nSPS) is 13.3. The van der Waals surface area contributed by atoms with Crippen molar-refractivity contribution in [2.75, 3.05) is 71.7 Å². The highest BCUT2D eigenvalue weighted by atomic mass is 35.5. The Kier molecular flexibility index (Phi) is 26.8. The third-order valence-corrected chi connectivity index (χ3v) is 11.3. The van der Waals surface area contributed by atoms with Gasteiger partial charge in [0.1, 0.15) is 23.0 Å². The summed E-state index contributed by atoms with van der Waals surface area (Å²) < 4.78 is 92.2. The SMILES string of the molecule is NC(N)=NCCC[C@H](NC(=O)CNC(=O)[C@@H](N)CCC(=O)NCCCOCCOCCOCCCNC(=O)c1ccc2c(c1)C1(OC2=O)c2ccc(O)cc2Oc2cc(O)ccc21)C(=O)CCl.O=C(O)C(F)(F)F.O=C(O)C(F)(F)F. The van der Waals surface area contributed by atoms with Gasteiger partial charge in [0.05, 0.1) is 56.5 Å². The van der Waals surface area contributed by atoms with Gasteiger partial charge >= 0.3 is 30.3 Å². The second-order valence-corrected chi connectivity index (χ2v) is 17.3. The number of carbonyl (C=O) groups is 8. The summed E-state index contributed by atoms with van der Waals surface area (Å²) in [5.41, 5.74) is 16.9. The van der Waals surface area contributed by atoms with Gasteiger partial charge in [-0.2, -0.15) is 26.3 Å². The molecule has 2 aliphatic rings. The number of nitrogens with two attached hydrogens (primary N) is 3. The molecule has 25 nitrogen and oxygen atoms in total. The van der Waals surface area contributed by atoms with Crippen LogP contribution in [-0.2, 0) is 53.3 Å². The summed E-state index contributed by atoms with van der Waals surface area (Å²) in [6.07, 6.45) is -8.37. The molecule has 81 heavy (non-hydrogen) atoms. The largest absolute Gasteiger partial charge is 0.508 e. The lowest BCUT2D eigenvalue weighted by Gasteiger charge is -2.36. The maximum absolute atomic E-state index is 13.2. The Labute approximate surface area is 461 Å². The molecule has 3 aromatic rings. The summed E-state index contributed by atoms with van der Waals surface area (Å²) in [6, 6.07) is 11.7. The molecule has 0 bridgehead atoms. The lowest BCUT2D eigenvalue weighted by molar-refractivity contribution is -0.193. The number of nitrogens with one attached hydrogen (secondary N) is 4. The van der Waals surface area contributed by atoms with E-state index < -0.39 is 72.1 Å². The number of fused-ring (bicyclic) bond motifs is 6. The summed E-state index contributed by atoms with van der Waals surface area (Å²) in [5, 5.41) is 45.1. The predicted molar refractivity (Wildman–Crippen MR) is 270 cm³/mol. The summed E-state index contributed by atoms with van der Waals surface area (Å²) in [6.45, 7) is 2.65. The lowest BCUT2D eigenvalue weighted by atomic mass is 9.77. The number of alkyl halides is 7. The van der Waals surface area contributed by atoms with Gasteiger partial charge in [-0.1, -0.05) is 0 Å². The van der Waals surface area contributed by atoms with E-state index in [2.05, 4.69) is 26.3 Å². The third kappa shape index (κ3) is 21.9. The number of phenolic OH excluding ortho intramolecular Hbond substituents is 2. The van der Waals surface area contributed by atoms with Crippen LogP contribution in [0.15, 0.2) is 59.6 Å². The number of aromatic hydroxyl groups is 2. The number of esters is 1. The Hall–Kier alpha value is -8.00. The summed E-state index contributed by atoms with van der Waals surface area (Å²) in [4.78, 5) is 97.1. The number of aliphatic imine (C=N–C) groups is 1. The average Bonchev–Trinajstić information content (AvgIpc) is 3.91. The number of benzene rings is 3. The van der Waals surface area contributed by atoms with E-state index in [1.165, 1.54) is 24.3 Å². The number of nitrogens with zero attached hydrogens (tertiary/aromatic N) is 1.